The quantitative estimate of drug-likeness (QED) is 0.603. The van der Waals surface area contributed by atoms with Crippen molar-refractivity contribution < 1.29 is 0 Å². The van der Waals surface area contributed by atoms with Crippen molar-refractivity contribution in [3.8, 4) is 0 Å². The van der Waals surface area contributed by atoms with E-state index in [4.69, 9.17) is 5.73 Å². The Morgan fingerprint density at radius 3 is 2.36 bits per heavy atom. The van der Waals surface area contributed by atoms with Crippen molar-refractivity contribution >= 4 is 0 Å². The molecule has 0 rings (SSSR count). The van der Waals surface area contributed by atoms with E-state index in [1.807, 2.05) is 40.0 Å². The third kappa shape index (κ3) is 3.23. The molecule has 0 saturated carbocycles. The van der Waals surface area contributed by atoms with Gasteiger partial charge in [0, 0.05) is 18.8 Å². The molecule has 0 aliphatic heterocycles. The van der Waals surface area contributed by atoms with Crippen LogP contribution in [0.15, 0.2) is 23.4 Å². The van der Waals surface area contributed by atoms with E-state index in [1.165, 1.54) is 0 Å². The Balaban J connectivity index is 4.57. The second-order valence-corrected chi connectivity index (χ2v) is 2.62. The highest BCUT2D eigenvalue weighted by Gasteiger charge is 2.01. The number of nitrogens with two attached hydrogens (primary N) is 1. The summed E-state index contributed by atoms with van der Waals surface area (Å²) in [7, 11) is 1.90. The summed E-state index contributed by atoms with van der Waals surface area (Å²) >= 11 is 0. The molecule has 0 aromatic rings. The van der Waals surface area contributed by atoms with Gasteiger partial charge in [-0.2, -0.15) is 0 Å². The van der Waals surface area contributed by atoms with E-state index in [-0.39, 0.29) is 6.04 Å². The average Bonchev–Trinajstić information content (AvgIpc) is 1.98. The molecule has 2 nitrogen and oxygen atoms in total. The molecule has 0 heterocycles. The van der Waals surface area contributed by atoms with Gasteiger partial charge < -0.3 is 11.1 Å². The number of rotatable bonds is 3. The van der Waals surface area contributed by atoms with Gasteiger partial charge >= 0.3 is 0 Å². The zero-order valence-corrected chi connectivity index (χ0v) is 7.81. The maximum Gasteiger partial charge on any atom is 0.0283 e. The van der Waals surface area contributed by atoms with E-state index >= 15 is 0 Å². The fraction of sp³-hybridized carbons (Fsp3) is 0.556. The molecule has 64 valence electrons. The first-order chi connectivity index (χ1) is 5.13. The van der Waals surface area contributed by atoms with E-state index in [0.717, 1.165) is 11.3 Å². The van der Waals surface area contributed by atoms with Crippen LogP contribution in [0.3, 0.4) is 0 Å². The predicted molar refractivity (Wildman–Crippen MR) is 50.2 cm³/mol. The summed E-state index contributed by atoms with van der Waals surface area (Å²) in [6.45, 7) is 6.00. The van der Waals surface area contributed by atoms with E-state index in [0.29, 0.717) is 0 Å². The molecule has 11 heavy (non-hydrogen) atoms. The molecule has 2 heteroatoms. The van der Waals surface area contributed by atoms with Crippen molar-refractivity contribution in [1.29, 1.82) is 0 Å². The maximum absolute atomic E-state index is 5.75. The van der Waals surface area contributed by atoms with Crippen LogP contribution in [-0.4, -0.2) is 13.1 Å². The number of hydrogen-bond acceptors (Lipinski definition) is 2. The van der Waals surface area contributed by atoms with Crippen molar-refractivity contribution in [2.24, 2.45) is 5.73 Å². The Labute approximate surface area is 69.2 Å². The maximum atomic E-state index is 5.75. The highest BCUT2D eigenvalue weighted by Crippen LogP contribution is 2.06. The standard InChI is InChI=1S/C9H18N2/c1-5-6-9(7(2)10)8(3)11-4/h5-7,11H,10H2,1-4H3/b6-5-,9-8-. The molecule has 0 saturated heterocycles. The van der Waals surface area contributed by atoms with Crippen LogP contribution in [0.2, 0.25) is 0 Å². The summed E-state index contributed by atoms with van der Waals surface area (Å²) in [6.07, 6.45) is 4.04. The Hall–Kier alpha value is -0.760. The normalized spacial score (nSPS) is 16.5. The van der Waals surface area contributed by atoms with Crippen LogP contribution in [0.5, 0.6) is 0 Å². The lowest BCUT2D eigenvalue weighted by molar-refractivity contribution is 0.837. The van der Waals surface area contributed by atoms with Gasteiger partial charge in [0.05, 0.1) is 0 Å². The minimum absolute atomic E-state index is 0.0960. The van der Waals surface area contributed by atoms with Crippen LogP contribution in [0.25, 0.3) is 0 Å². The van der Waals surface area contributed by atoms with Crippen molar-refractivity contribution in [3.63, 3.8) is 0 Å². The van der Waals surface area contributed by atoms with Gasteiger partial charge in [-0.1, -0.05) is 12.2 Å². The highest BCUT2D eigenvalue weighted by molar-refractivity contribution is 5.27. The zero-order valence-electron chi connectivity index (χ0n) is 7.81. The van der Waals surface area contributed by atoms with Gasteiger partial charge in [0.2, 0.25) is 0 Å². The Kier molecular flexibility index (Phi) is 4.62. The van der Waals surface area contributed by atoms with E-state index in [1.54, 1.807) is 0 Å². The van der Waals surface area contributed by atoms with Crippen molar-refractivity contribution in [2.45, 2.75) is 26.8 Å². The Bertz CT molecular complexity index is 166. The van der Waals surface area contributed by atoms with E-state index < -0.39 is 0 Å². The molecule has 0 radical (unpaired) electrons. The van der Waals surface area contributed by atoms with Gasteiger partial charge in [0.25, 0.3) is 0 Å². The summed E-state index contributed by atoms with van der Waals surface area (Å²) in [4.78, 5) is 0. The molecule has 0 aliphatic carbocycles. The van der Waals surface area contributed by atoms with Crippen LogP contribution in [0, 0.1) is 0 Å². The highest BCUT2D eigenvalue weighted by atomic mass is 14.8. The van der Waals surface area contributed by atoms with Gasteiger partial charge in [0.1, 0.15) is 0 Å². The molecule has 0 amide bonds. The third-order valence-electron chi connectivity index (χ3n) is 1.64. The van der Waals surface area contributed by atoms with Crippen LogP contribution >= 0.6 is 0 Å². The zero-order chi connectivity index (χ0) is 8.85. The van der Waals surface area contributed by atoms with Crippen LogP contribution in [0.1, 0.15) is 20.8 Å². The second kappa shape index (κ2) is 4.97. The van der Waals surface area contributed by atoms with Crippen molar-refractivity contribution in [3.05, 3.63) is 23.4 Å². The first-order valence-corrected chi connectivity index (χ1v) is 3.90. The van der Waals surface area contributed by atoms with E-state index in [2.05, 4.69) is 5.32 Å². The first kappa shape index (κ1) is 10.2. The van der Waals surface area contributed by atoms with Gasteiger partial charge in [-0.25, -0.2) is 0 Å². The molecule has 0 fully saturated rings. The predicted octanol–water partition coefficient (Wildman–Crippen LogP) is 1.40. The first-order valence-electron chi connectivity index (χ1n) is 3.90. The Morgan fingerprint density at radius 2 is 2.09 bits per heavy atom. The van der Waals surface area contributed by atoms with Crippen LogP contribution in [0.4, 0.5) is 0 Å². The molecule has 1 unspecified atom stereocenters. The fourth-order valence-electron chi connectivity index (χ4n) is 0.942. The van der Waals surface area contributed by atoms with Gasteiger partial charge in [-0.3, -0.25) is 0 Å². The van der Waals surface area contributed by atoms with Crippen molar-refractivity contribution in [1.82, 2.24) is 5.32 Å². The lowest BCUT2D eigenvalue weighted by Crippen LogP contribution is -2.21. The van der Waals surface area contributed by atoms with Gasteiger partial charge in [-0.15, -0.1) is 0 Å². The molecule has 3 N–H and O–H groups in total. The average molecular weight is 154 g/mol. The molecule has 0 aromatic carbocycles. The van der Waals surface area contributed by atoms with E-state index in [9.17, 15) is 0 Å². The molecule has 0 bridgehead atoms. The molecular weight excluding hydrogens is 136 g/mol. The number of nitrogens with one attached hydrogen (secondary N) is 1. The van der Waals surface area contributed by atoms with Crippen LogP contribution in [-0.2, 0) is 0 Å². The topological polar surface area (TPSA) is 38.0 Å². The monoisotopic (exact) mass is 154 g/mol. The molecule has 0 spiro atoms. The van der Waals surface area contributed by atoms with Crippen LogP contribution < -0.4 is 11.1 Å². The summed E-state index contributed by atoms with van der Waals surface area (Å²) in [5, 5.41) is 3.08. The lowest BCUT2D eigenvalue weighted by Gasteiger charge is -2.11. The Morgan fingerprint density at radius 1 is 1.55 bits per heavy atom. The summed E-state index contributed by atoms with van der Waals surface area (Å²) in [5.74, 6) is 0. The van der Waals surface area contributed by atoms with Gasteiger partial charge in [-0.05, 0) is 26.3 Å². The number of hydrogen-bond donors (Lipinski definition) is 2. The minimum Gasteiger partial charge on any atom is -0.391 e. The SMILES string of the molecule is C/C=C\C(=C(/C)NC)C(C)N. The lowest BCUT2D eigenvalue weighted by atomic mass is 10.1. The molecule has 1 atom stereocenters. The second-order valence-electron chi connectivity index (χ2n) is 2.62. The molecule has 0 aromatic heterocycles. The largest absolute Gasteiger partial charge is 0.391 e. The number of allylic oxidation sites excluding steroid dienone is 2. The molecular formula is C9H18N2. The summed E-state index contributed by atoms with van der Waals surface area (Å²) in [5.41, 5.74) is 8.05. The van der Waals surface area contributed by atoms with Crippen molar-refractivity contribution in [2.75, 3.05) is 7.05 Å². The third-order valence-corrected chi connectivity index (χ3v) is 1.64. The van der Waals surface area contributed by atoms with Gasteiger partial charge in [0.15, 0.2) is 0 Å². The fourth-order valence-corrected chi connectivity index (χ4v) is 0.942. The smallest absolute Gasteiger partial charge is 0.0283 e. The minimum atomic E-state index is 0.0960. The molecule has 0 aliphatic rings. The summed E-state index contributed by atoms with van der Waals surface area (Å²) < 4.78 is 0. The summed E-state index contributed by atoms with van der Waals surface area (Å²) in [6, 6.07) is 0.0960.